The highest BCUT2D eigenvalue weighted by Gasteiger charge is 2.47. The van der Waals surface area contributed by atoms with E-state index in [2.05, 4.69) is 10.6 Å². The zero-order valence-electron chi connectivity index (χ0n) is 21.1. The molecule has 1 aliphatic heterocycles. The number of nitrogens with one attached hydrogen (secondary N) is 2. The highest BCUT2D eigenvalue weighted by Crippen LogP contribution is 2.34. The molecule has 0 bridgehead atoms. The van der Waals surface area contributed by atoms with E-state index < -0.39 is 51.3 Å². The summed E-state index contributed by atoms with van der Waals surface area (Å²) in [7, 11) is 0. The second-order valence-electron chi connectivity index (χ2n) is 9.41. The van der Waals surface area contributed by atoms with E-state index in [0.717, 1.165) is 17.3 Å². The predicted octanol–water partition coefficient (Wildman–Crippen LogP) is 1.85. The molecular formula is C26H27N3O9S. The third-order valence-corrected chi connectivity index (χ3v) is 7.57. The van der Waals surface area contributed by atoms with Crippen molar-refractivity contribution in [3.05, 3.63) is 75.8 Å². The average Bonchev–Trinajstić information content (AvgIpc) is 2.90. The van der Waals surface area contributed by atoms with Gasteiger partial charge in [0.25, 0.3) is 5.69 Å². The number of ketones is 1. The molecule has 1 unspecified atom stereocenters. The van der Waals surface area contributed by atoms with Crippen LogP contribution in [0.25, 0.3) is 0 Å². The number of rotatable bonds is 13. The van der Waals surface area contributed by atoms with Crippen LogP contribution in [0.15, 0.2) is 54.6 Å². The van der Waals surface area contributed by atoms with Gasteiger partial charge in [0.05, 0.1) is 22.7 Å². The van der Waals surface area contributed by atoms with Crippen LogP contribution in [0.3, 0.4) is 0 Å². The summed E-state index contributed by atoms with van der Waals surface area (Å²) in [6.45, 7) is 2.27. The number of carboxylic acids is 1. The molecule has 39 heavy (non-hydrogen) atoms. The Balaban J connectivity index is 1.61. The monoisotopic (exact) mass is 557 g/mol. The normalized spacial score (nSPS) is 17.2. The molecule has 0 aliphatic carbocycles. The standard InChI is InChI=1S/C26H27N3O9S/c1-26(2,25(34)35)18(21(31)24(33)38-13-16-8-10-17(11-9-16)29(36)37)14-39-23-20(22(32)28-23)27-19(30)12-15-6-4-3-5-7-15/h3-11,18,20,23H,12-14H2,1-2H3,(H,27,30)(H,28,32)(H,34,35)/t18?,20-,23+/m0/s1. The molecule has 1 fully saturated rings. The number of ether oxygens (including phenoxy) is 1. The molecule has 0 radical (unpaired) electrons. The first-order chi connectivity index (χ1) is 18.4. The minimum atomic E-state index is -1.66. The van der Waals surface area contributed by atoms with Crippen LogP contribution in [0.5, 0.6) is 0 Å². The number of hydrogen-bond acceptors (Lipinski definition) is 9. The van der Waals surface area contributed by atoms with Crippen LogP contribution < -0.4 is 10.6 Å². The fraction of sp³-hybridized carbons (Fsp3) is 0.346. The van der Waals surface area contributed by atoms with Crippen molar-refractivity contribution in [1.29, 1.82) is 0 Å². The van der Waals surface area contributed by atoms with Gasteiger partial charge in [0, 0.05) is 17.9 Å². The fourth-order valence-electron chi connectivity index (χ4n) is 3.68. The minimum absolute atomic E-state index is 0.0652. The maximum Gasteiger partial charge on any atom is 0.375 e. The Hall–Kier alpha value is -4.26. The molecule has 3 atom stereocenters. The Bertz CT molecular complexity index is 1270. The zero-order valence-corrected chi connectivity index (χ0v) is 21.9. The van der Waals surface area contributed by atoms with E-state index in [4.69, 9.17) is 4.74 Å². The summed E-state index contributed by atoms with van der Waals surface area (Å²) in [5.74, 6) is -5.89. The van der Waals surface area contributed by atoms with Crippen molar-refractivity contribution in [2.45, 2.75) is 38.3 Å². The first-order valence-corrected chi connectivity index (χ1v) is 12.9. The van der Waals surface area contributed by atoms with Gasteiger partial charge < -0.3 is 20.5 Å². The molecule has 0 saturated carbocycles. The molecule has 1 saturated heterocycles. The van der Waals surface area contributed by atoms with Crippen molar-refractivity contribution in [2.24, 2.45) is 11.3 Å². The summed E-state index contributed by atoms with van der Waals surface area (Å²) in [6, 6.07) is 13.2. The van der Waals surface area contributed by atoms with Gasteiger partial charge in [-0.2, -0.15) is 0 Å². The number of esters is 1. The van der Waals surface area contributed by atoms with Gasteiger partial charge in [-0.1, -0.05) is 30.3 Å². The number of β-lactam (4-membered cyclic amide) rings is 1. The Morgan fingerprint density at radius 1 is 1.10 bits per heavy atom. The number of nitro benzene ring substituents is 1. The van der Waals surface area contributed by atoms with Crippen molar-refractivity contribution in [1.82, 2.24) is 10.6 Å². The van der Waals surface area contributed by atoms with Crippen LogP contribution in [-0.4, -0.2) is 56.7 Å². The van der Waals surface area contributed by atoms with Gasteiger partial charge in [-0.15, -0.1) is 11.8 Å². The van der Waals surface area contributed by atoms with Crippen molar-refractivity contribution >= 4 is 47.0 Å². The van der Waals surface area contributed by atoms with Crippen molar-refractivity contribution in [2.75, 3.05) is 5.75 Å². The molecule has 1 aliphatic rings. The fourth-order valence-corrected chi connectivity index (χ4v) is 5.23. The second-order valence-corrected chi connectivity index (χ2v) is 10.6. The van der Waals surface area contributed by atoms with E-state index in [0.29, 0.717) is 5.56 Å². The number of hydrogen-bond donors (Lipinski definition) is 3. The van der Waals surface area contributed by atoms with Crippen molar-refractivity contribution in [3.8, 4) is 0 Å². The summed E-state index contributed by atoms with van der Waals surface area (Å²) >= 11 is 1.04. The minimum Gasteiger partial charge on any atom is -0.481 e. The first kappa shape index (κ1) is 29.3. The number of Topliss-reactive ketones (excluding diaryl/α,β-unsaturated/α-hetero) is 1. The maximum atomic E-state index is 13.0. The number of benzene rings is 2. The molecule has 2 aromatic rings. The van der Waals surface area contributed by atoms with Gasteiger partial charge in [-0.05, 0) is 37.1 Å². The molecule has 13 heteroatoms. The quantitative estimate of drug-likeness (QED) is 0.108. The lowest BCUT2D eigenvalue weighted by molar-refractivity contribution is -0.384. The number of thioether (sulfide) groups is 1. The Kier molecular flexibility index (Phi) is 9.41. The van der Waals surface area contributed by atoms with E-state index >= 15 is 0 Å². The van der Waals surface area contributed by atoms with Gasteiger partial charge >= 0.3 is 11.9 Å². The van der Waals surface area contributed by atoms with Crippen LogP contribution in [0.4, 0.5) is 5.69 Å². The highest BCUT2D eigenvalue weighted by molar-refractivity contribution is 8.00. The van der Waals surface area contributed by atoms with E-state index in [1.54, 1.807) is 24.3 Å². The largest absolute Gasteiger partial charge is 0.481 e. The molecule has 0 spiro atoms. The molecular weight excluding hydrogens is 530 g/mol. The lowest BCUT2D eigenvalue weighted by Crippen LogP contribution is -2.68. The van der Waals surface area contributed by atoms with E-state index in [9.17, 15) is 39.2 Å². The number of nitro groups is 1. The van der Waals surface area contributed by atoms with E-state index in [-0.39, 0.29) is 30.4 Å². The average molecular weight is 558 g/mol. The van der Waals surface area contributed by atoms with Crippen molar-refractivity contribution < 1.29 is 38.7 Å². The SMILES string of the molecule is CC(C)(C(=O)O)C(CS[C@H]1NC(=O)[C@@H]1NC(=O)Cc1ccccc1)C(=O)C(=O)OCc1ccc([N+](=O)[O-])cc1. The van der Waals surface area contributed by atoms with Crippen LogP contribution >= 0.6 is 11.8 Å². The van der Waals surface area contributed by atoms with E-state index in [1.807, 2.05) is 6.07 Å². The lowest BCUT2D eigenvalue weighted by atomic mass is 9.77. The Labute approximate surface area is 227 Å². The van der Waals surface area contributed by atoms with Crippen LogP contribution in [0.2, 0.25) is 0 Å². The van der Waals surface area contributed by atoms with Gasteiger partial charge in [0.2, 0.25) is 17.6 Å². The molecule has 2 aromatic carbocycles. The number of amides is 2. The number of nitrogens with zero attached hydrogens (tertiary/aromatic N) is 1. The number of carboxylic acid groups (broad SMARTS) is 1. The topological polar surface area (TPSA) is 182 Å². The second kappa shape index (κ2) is 12.5. The van der Waals surface area contributed by atoms with Gasteiger partial charge in [-0.3, -0.25) is 29.3 Å². The van der Waals surface area contributed by atoms with Gasteiger partial charge in [0.15, 0.2) is 0 Å². The highest BCUT2D eigenvalue weighted by atomic mass is 32.2. The Morgan fingerprint density at radius 3 is 2.31 bits per heavy atom. The van der Waals surface area contributed by atoms with Gasteiger partial charge in [0.1, 0.15) is 18.0 Å². The zero-order chi connectivity index (χ0) is 28.7. The van der Waals surface area contributed by atoms with Gasteiger partial charge in [-0.25, -0.2) is 4.79 Å². The lowest BCUT2D eigenvalue weighted by Gasteiger charge is -2.38. The summed E-state index contributed by atoms with van der Waals surface area (Å²) in [4.78, 5) is 72.2. The Morgan fingerprint density at radius 2 is 1.74 bits per heavy atom. The molecule has 3 rings (SSSR count). The van der Waals surface area contributed by atoms with Crippen LogP contribution in [0, 0.1) is 21.4 Å². The number of non-ortho nitro benzene ring substituents is 1. The molecule has 0 aromatic heterocycles. The summed E-state index contributed by atoms with van der Waals surface area (Å²) < 4.78 is 5.05. The van der Waals surface area contributed by atoms with Crippen LogP contribution in [0.1, 0.15) is 25.0 Å². The number of aliphatic carboxylic acids is 1. The maximum absolute atomic E-state index is 13.0. The predicted molar refractivity (Wildman–Crippen MR) is 139 cm³/mol. The van der Waals surface area contributed by atoms with Crippen LogP contribution in [-0.2, 0) is 41.7 Å². The molecule has 3 N–H and O–H groups in total. The summed E-state index contributed by atoms with van der Waals surface area (Å²) in [6.07, 6.45) is 0.0652. The first-order valence-electron chi connectivity index (χ1n) is 11.8. The third-order valence-electron chi connectivity index (χ3n) is 6.29. The third kappa shape index (κ3) is 7.41. The molecule has 12 nitrogen and oxygen atoms in total. The van der Waals surface area contributed by atoms with Crippen molar-refractivity contribution in [3.63, 3.8) is 0 Å². The molecule has 2 amide bonds. The molecule has 206 valence electrons. The molecule has 1 heterocycles. The summed E-state index contributed by atoms with van der Waals surface area (Å²) in [5.41, 5.74) is -0.647. The van der Waals surface area contributed by atoms with E-state index in [1.165, 1.54) is 38.1 Å². The smallest absolute Gasteiger partial charge is 0.375 e. The number of carbonyl (C=O) groups is 5. The summed E-state index contributed by atoms with van der Waals surface area (Å²) in [5, 5.41) is 25.1. The number of carbonyl (C=O) groups excluding carboxylic acids is 4.